The summed E-state index contributed by atoms with van der Waals surface area (Å²) < 4.78 is 48.9. The Morgan fingerprint density at radius 2 is 1.84 bits per heavy atom. The molecule has 0 bridgehead atoms. The predicted octanol–water partition coefficient (Wildman–Crippen LogP) is 3.34. The minimum absolute atomic E-state index is 0.152. The van der Waals surface area contributed by atoms with E-state index in [9.17, 15) is 14.2 Å². The molecule has 43 heavy (non-hydrogen) atoms. The number of benzene rings is 1. The Hall–Kier alpha value is -3.62. The lowest BCUT2D eigenvalue weighted by Gasteiger charge is -2.24. The van der Waals surface area contributed by atoms with Gasteiger partial charge in [-0.25, -0.2) is 24.3 Å². The van der Waals surface area contributed by atoms with Crippen molar-refractivity contribution in [2.24, 2.45) is 0 Å². The molecule has 16 heteroatoms. The lowest BCUT2D eigenvalue weighted by atomic mass is 10.3. The highest BCUT2D eigenvalue weighted by Crippen LogP contribution is 2.45. The van der Waals surface area contributed by atoms with E-state index in [4.69, 9.17) is 28.0 Å². The largest absolute Gasteiger partial charge is 0.460 e. The smallest absolute Gasteiger partial charge is 0.459 e. The van der Waals surface area contributed by atoms with Crippen molar-refractivity contribution in [3.63, 3.8) is 0 Å². The predicted molar refractivity (Wildman–Crippen MR) is 152 cm³/mol. The standard InChI is InChI=1S/C27H35N6O9P/c1-16(2)39-27(35)18(4)40-26(34)17(3)32-43(36,42-20-8-6-5-7-9-20)38-13-22-37-12-21(41-22)33-15-30-23-24(31-19-10-11-19)28-14-29-25(23)33/h5-9,14-19,21-22H,10-13H2,1-4H3,(H,32,36)(H,28,29,31)/t17-,18-,21+,22+,43-/m0/s1. The van der Waals surface area contributed by atoms with Gasteiger partial charge in [0.2, 0.25) is 0 Å². The van der Waals surface area contributed by atoms with E-state index in [1.807, 2.05) is 0 Å². The van der Waals surface area contributed by atoms with Crippen LogP contribution in [0.4, 0.5) is 5.82 Å². The Labute approximate surface area is 248 Å². The van der Waals surface area contributed by atoms with E-state index in [0.29, 0.717) is 23.0 Å². The summed E-state index contributed by atoms with van der Waals surface area (Å²) in [5.74, 6) is -0.659. The van der Waals surface area contributed by atoms with Crippen LogP contribution >= 0.6 is 7.75 Å². The molecule has 232 valence electrons. The highest BCUT2D eigenvalue weighted by molar-refractivity contribution is 7.52. The molecule has 3 heterocycles. The summed E-state index contributed by atoms with van der Waals surface area (Å²) in [4.78, 5) is 37.9. The number of hydrogen-bond acceptors (Lipinski definition) is 13. The lowest BCUT2D eigenvalue weighted by Crippen LogP contribution is -2.39. The van der Waals surface area contributed by atoms with Crippen LogP contribution < -0.4 is 14.9 Å². The zero-order chi connectivity index (χ0) is 30.6. The third-order valence-corrected chi connectivity index (χ3v) is 8.00. The van der Waals surface area contributed by atoms with Crippen molar-refractivity contribution in [1.82, 2.24) is 24.6 Å². The molecule has 3 aromatic rings. The molecule has 2 aromatic heterocycles. The molecule has 1 aliphatic heterocycles. The molecule has 15 nitrogen and oxygen atoms in total. The maximum absolute atomic E-state index is 13.8. The maximum Gasteiger partial charge on any atom is 0.459 e. The van der Waals surface area contributed by atoms with Gasteiger partial charge in [0.25, 0.3) is 0 Å². The van der Waals surface area contributed by atoms with Crippen LogP contribution in [0, 0.1) is 0 Å². The van der Waals surface area contributed by atoms with Crippen molar-refractivity contribution >= 4 is 36.7 Å². The molecule has 2 N–H and O–H groups in total. The number of aromatic nitrogens is 4. The summed E-state index contributed by atoms with van der Waals surface area (Å²) in [6, 6.07) is 7.53. The lowest BCUT2D eigenvalue weighted by molar-refractivity contribution is -0.169. The molecular formula is C27H35N6O9P. The van der Waals surface area contributed by atoms with Gasteiger partial charge in [-0.05, 0) is 52.7 Å². The number of nitrogens with zero attached hydrogens (tertiary/aromatic N) is 4. The molecule has 0 radical (unpaired) electrons. The average Bonchev–Trinajstić information content (AvgIpc) is 3.47. The van der Waals surface area contributed by atoms with E-state index in [2.05, 4.69) is 25.4 Å². The number of carbonyl (C=O) groups is 2. The van der Waals surface area contributed by atoms with E-state index >= 15 is 0 Å². The Morgan fingerprint density at radius 3 is 2.56 bits per heavy atom. The van der Waals surface area contributed by atoms with Gasteiger partial charge in [0.05, 0.1) is 19.0 Å². The van der Waals surface area contributed by atoms with Gasteiger partial charge in [-0.2, -0.15) is 5.09 Å². The molecule has 0 unspecified atom stereocenters. The van der Waals surface area contributed by atoms with Crippen LogP contribution in [0.5, 0.6) is 5.75 Å². The number of imidazole rings is 1. The molecular weight excluding hydrogens is 583 g/mol. The van der Waals surface area contributed by atoms with E-state index in [-0.39, 0.29) is 25.1 Å². The van der Waals surface area contributed by atoms with Crippen LogP contribution in [0.15, 0.2) is 43.0 Å². The van der Waals surface area contributed by atoms with Crippen LogP contribution in [0.1, 0.15) is 46.8 Å². The van der Waals surface area contributed by atoms with Gasteiger partial charge in [-0.3, -0.25) is 13.9 Å². The highest BCUT2D eigenvalue weighted by atomic mass is 31.2. The first-order valence-corrected chi connectivity index (χ1v) is 15.5. The molecule has 2 fully saturated rings. The van der Waals surface area contributed by atoms with Gasteiger partial charge < -0.3 is 28.8 Å². The van der Waals surface area contributed by atoms with Crippen molar-refractivity contribution in [1.29, 1.82) is 0 Å². The van der Waals surface area contributed by atoms with Crippen LogP contribution in [0.25, 0.3) is 11.2 Å². The minimum atomic E-state index is -4.20. The first kappa shape index (κ1) is 30.8. The second-order valence-electron chi connectivity index (χ2n) is 10.4. The second-order valence-corrected chi connectivity index (χ2v) is 12.1. The first-order valence-electron chi connectivity index (χ1n) is 14.0. The molecule has 1 aliphatic carbocycles. The monoisotopic (exact) mass is 618 g/mol. The molecule has 2 aliphatic rings. The van der Waals surface area contributed by atoms with Crippen molar-refractivity contribution in [2.45, 2.75) is 77.3 Å². The fourth-order valence-electron chi connectivity index (χ4n) is 4.08. The van der Waals surface area contributed by atoms with E-state index in [0.717, 1.165) is 12.8 Å². The fourth-order valence-corrected chi connectivity index (χ4v) is 5.55. The molecule has 5 rings (SSSR count). The normalized spacial score (nSPS) is 21.2. The Balaban J connectivity index is 1.22. The molecule has 1 aromatic carbocycles. The highest BCUT2D eigenvalue weighted by Gasteiger charge is 2.37. The molecule has 1 saturated carbocycles. The van der Waals surface area contributed by atoms with Gasteiger partial charge in [-0.15, -0.1) is 0 Å². The summed E-state index contributed by atoms with van der Waals surface area (Å²) >= 11 is 0. The van der Waals surface area contributed by atoms with Crippen molar-refractivity contribution in [3.8, 4) is 5.75 Å². The third kappa shape index (κ3) is 8.06. The Morgan fingerprint density at radius 1 is 1.07 bits per heavy atom. The molecule has 5 atom stereocenters. The number of anilines is 1. The van der Waals surface area contributed by atoms with Crippen LogP contribution in [0.2, 0.25) is 0 Å². The minimum Gasteiger partial charge on any atom is -0.460 e. The zero-order valence-corrected chi connectivity index (χ0v) is 25.1. The SMILES string of the molecule is CC(C)OC(=O)[C@H](C)OC(=O)[C@H](C)N[P@](=O)(OC[C@@H]1OC[C@H](n2cnc3c(NC4CC4)ncnc32)O1)Oc1ccccc1. The van der Waals surface area contributed by atoms with E-state index in [1.54, 1.807) is 55.1 Å². The summed E-state index contributed by atoms with van der Waals surface area (Å²) in [6.45, 7) is 6.00. The summed E-state index contributed by atoms with van der Waals surface area (Å²) in [7, 11) is -4.20. The summed E-state index contributed by atoms with van der Waals surface area (Å²) in [5, 5.41) is 5.92. The van der Waals surface area contributed by atoms with Crippen LogP contribution in [-0.2, 0) is 37.6 Å². The molecule has 1 saturated heterocycles. The number of hydrogen-bond donors (Lipinski definition) is 2. The van der Waals surface area contributed by atoms with Crippen molar-refractivity contribution in [3.05, 3.63) is 43.0 Å². The number of carbonyl (C=O) groups excluding carboxylic acids is 2. The van der Waals surface area contributed by atoms with Crippen molar-refractivity contribution < 1.29 is 42.1 Å². The average molecular weight is 619 g/mol. The van der Waals surface area contributed by atoms with E-state index in [1.165, 1.54) is 20.2 Å². The van der Waals surface area contributed by atoms with Gasteiger partial charge in [0.15, 0.2) is 35.6 Å². The van der Waals surface area contributed by atoms with Crippen LogP contribution in [0.3, 0.4) is 0 Å². The van der Waals surface area contributed by atoms with Gasteiger partial charge in [0.1, 0.15) is 24.7 Å². The maximum atomic E-state index is 13.8. The van der Waals surface area contributed by atoms with Crippen LogP contribution in [-0.4, -0.2) is 75.3 Å². The summed E-state index contributed by atoms with van der Waals surface area (Å²) in [6.07, 6.45) is 2.20. The number of ether oxygens (including phenoxy) is 4. The number of fused-ring (bicyclic) bond motifs is 1. The van der Waals surface area contributed by atoms with Gasteiger partial charge in [0, 0.05) is 6.04 Å². The van der Waals surface area contributed by atoms with Gasteiger partial charge >= 0.3 is 19.7 Å². The first-order chi connectivity index (χ1) is 20.6. The van der Waals surface area contributed by atoms with Gasteiger partial charge in [-0.1, -0.05) is 18.2 Å². The second kappa shape index (κ2) is 13.3. The molecule has 0 amide bonds. The number of esters is 2. The summed E-state index contributed by atoms with van der Waals surface area (Å²) in [5.41, 5.74) is 1.20. The number of rotatable bonds is 14. The Bertz CT molecular complexity index is 1470. The Kier molecular flexibility index (Phi) is 9.57. The topological polar surface area (TPSA) is 174 Å². The third-order valence-electron chi connectivity index (χ3n) is 6.35. The van der Waals surface area contributed by atoms with E-state index < -0.39 is 44.3 Å². The quantitative estimate of drug-likeness (QED) is 0.199. The zero-order valence-electron chi connectivity index (χ0n) is 24.2. The number of nitrogens with one attached hydrogen (secondary N) is 2. The fraction of sp³-hybridized carbons (Fsp3) is 0.519. The van der Waals surface area contributed by atoms with Crippen molar-refractivity contribution in [2.75, 3.05) is 18.5 Å². The number of para-hydroxylation sites is 1. The molecule has 0 spiro atoms.